The number of amides is 1. The van der Waals surface area contributed by atoms with Gasteiger partial charge in [-0.2, -0.15) is 0 Å². The molecule has 0 radical (unpaired) electrons. The van der Waals surface area contributed by atoms with Crippen LogP contribution in [0.25, 0.3) is 28.0 Å². The van der Waals surface area contributed by atoms with Crippen molar-refractivity contribution < 1.29 is 24.2 Å². The normalized spacial score (nSPS) is 11.4. The van der Waals surface area contributed by atoms with Crippen molar-refractivity contribution in [2.75, 3.05) is 11.9 Å². The van der Waals surface area contributed by atoms with E-state index in [-0.39, 0.29) is 24.7 Å². The Morgan fingerprint density at radius 2 is 1.68 bits per heavy atom. The van der Waals surface area contributed by atoms with Crippen LogP contribution in [-0.4, -0.2) is 53.7 Å². The van der Waals surface area contributed by atoms with Gasteiger partial charge in [-0.25, -0.2) is 28.5 Å². The lowest BCUT2D eigenvalue weighted by molar-refractivity contribution is -0.00872. The highest BCUT2D eigenvalue weighted by Gasteiger charge is 2.24. The van der Waals surface area contributed by atoms with Crippen LogP contribution in [0.4, 0.5) is 15.5 Å². The van der Waals surface area contributed by atoms with E-state index in [9.17, 15) is 19.5 Å². The molecule has 12 nitrogen and oxygen atoms in total. The number of hydrogen-bond donors (Lipinski definition) is 2. The summed E-state index contributed by atoms with van der Waals surface area (Å²) in [6, 6.07) is 12.9. The lowest BCUT2D eigenvalue weighted by Gasteiger charge is -2.18. The molecule has 0 aliphatic carbocycles. The summed E-state index contributed by atoms with van der Waals surface area (Å²) in [7, 11) is 0. The molecule has 4 aromatic rings. The molecule has 0 saturated carbocycles. The van der Waals surface area contributed by atoms with Gasteiger partial charge in [0.05, 0.1) is 17.8 Å². The van der Waals surface area contributed by atoms with Gasteiger partial charge < -0.3 is 14.6 Å². The van der Waals surface area contributed by atoms with Crippen molar-refractivity contribution in [1.82, 2.24) is 24.1 Å². The number of carboxylic acid groups (broad SMARTS) is 1. The van der Waals surface area contributed by atoms with Gasteiger partial charge in [0, 0.05) is 17.0 Å². The SMILES string of the molecule is Cc1cc(-c2c(-c3ccccc3)nc(NC(=O)O)n3c(=O)n(CCOC(=O)OC(C)(C)C)nc23)cc(C)n1. The average molecular weight is 521 g/mol. The van der Waals surface area contributed by atoms with E-state index in [0.29, 0.717) is 22.4 Å². The van der Waals surface area contributed by atoms with Crippen molar-refractivity contribution >= 4 is 23.8 Å². The second-order valence-electron chi connectivity index (χ2n) is 9.57. The van der Waals surface area contributed by atoms with Gasteiger partial charge in [0.2, 0.25) is 5.95 Å². The monoisotopic (exact) mass is 520 g/mol. The largest absolute Gasteiger partial charge is 0.508 e. The number of ether oxygens (including phenoxy) is 2. The molecule has 3 aromatic heterocycles. The molecule has 0 fully saturated rings. The van der Waals surface area contributed by atoms with Gasteiger partial charge in [0.25, 0.3) is 0 Å². The van der Waals surface area contributed by atoms with Crippen molar-refractivity contribution in [2.45, 2.75) is 46.8 Å². The van der Waals surface area contributed by atoms with E-state index in [2.05, 4.69) is 20.4 Å². The molecule has 0 aliphatic rings. The molecular weight excluding hydrogens is 492 g/mol. The van der Waals surface area contributed by atoms with Gasteiger partial charge in [0.1, 0.15) is 12.2 Å². The fourth-order valence-electron chi connectivity index (χ4n) is 3.95. The number of hydrogen-bond acceptors (Lipinski definition) is 8. The van der Waals surface area contributed by atoms with Crippen LogP contribution in [0.1, 0.15) is 32.2 Å². The number of nitrogens with zero attached hydrogens (tertiary/aromatic N) is 5. The topological polar surface area (TPSA) is 150 Å². The zero-order valence-corrected chi connectivity index (χ0v) is 21.7. The number of carbonyl (C=O) groups is 2. The Kier molecular flexibility index (Phi) is 7.15. The number of aromatic nitrogens is 5. The number of aryl methyl sites for hydroxylation is 2. The number of rotatable bonds is 6. The molecule has 1 amide bonds. The van der Waals surface area contributed by atoms with Crippen LogP contribution in [0, 0.1) is 13.8 Å². The standard InChI is InChI=1S/C26H28N6O6/c1-15-13-18(14-16(2)27-15)19-20(17-9-7-6-8-10-17)28-22(29-23(33)34)32-21(19)30-31(24(32)35)11-12-37-25(36)38-26(3,4)5/h6-10,13-14H,11-12H2,1-5H3,(H,28,29)(H,33,34). The summed E-state index contributed by atoms with van der Waals surface area (Å²) in [4.78, 5) is 46.0. The van der Waals surface area contributed by atoms with E-state index in [0.717, 1.165) is 20.5 Å². The molecular formula is C26H28N6O6. The van der Waals surface area contributed by atoms with Crippen LogP contribution in [0.3, 0.4) is 0 Å². The van der Waals surface area contributed by atoms with E-state index in [1.54, 1.807) is 20.8 Å². The molecule has 12 heteroatoms. The molecule has 0 spiro atoms. The van der Waals surface area contributed by atoms with Crippen molar-refractivity contribution in [3.63, 3.8) is 0 Å². The van der Waals surface area contributed by atoms with Crippen LogP contribution >= 0.6 is 0 Å². The first-order valence-corrected chi connectivity index (χ1v) is 11.8. The number of pyridine rings is 1. The molecule has 0 bridgehead atoms. The van der Waals surface area contributed by atoms with Gasteiger partial charge in [-0.1, -0.05) is 30.3 Å². The summed E-state index contributed by atoms with van der Waals surface area (Å²) in [6.45, 7) is 8.53. The Morgan fingerprint density at radius 3 is 2.29 bits per heavy atom. The molecule has 0 aliphatic heterocycles. The quantitative estimate of drug-likeness (QED) is 0.355. The van der Waals surface area contributed by atoms with Crippen LogP contribution in [0.2, 0.25) is 0 Å². The predicted octanol–water partition coefficient (Wildman–Crippen LogP) is 4.28. The zero-order valence-electron chi connectivity index (χ0n) is 21.7. The highest BCUT2D eigenvalue weighted by atomic mass is 16.7. The van der Waals surface area contributed by atoms with Crippen LogP contribution < -0.4 is 11.0 Å². The van der Waals surface area contributed by atoms with Gasteiger partial charge in [-0.3, -0.25) is 10.3 Å². The Hall–Kier alpha value is -4.74. The highest BCUT2D eigenvalue weighted by molar-refractivity contribution is 5.92. The zero-order chi connectivity index (χ0) is 27.6. The Labute approximate surface area is 217 Å². The average Bonchev–Trinajstić information content (AvgIpc) is 3.13. The maximum atomic E-state index is 13.4. The van der Waals surface area contributed by atoms with E-state index >= 15 is 0 Å². The second-order valence-corrected chi connectivity index (χ2v) is 9.57. The molecule has 0 unspecified atom stereocenters. The number of fused-ring (bicyclic) bond motifs is 1. The van der Waals surface area contributed by atoms with Gasteiger partial charge in [-0.15, -0.1) is 5.10 Å². The summed E-state index contributed by atoms with van der Waals surface area (Å²) >= 11 is 0. The number of anilines is 1. The predicted molar refractivity (Wildman–Crippen MR) is 139 cm³/mol. The van der Waals surface area contributed by atoms with Crippen LogP contribution in [-0.2, 0) is 16.0 Å². The van der Waals surface area contributed by atoms with E-state index in [1.165, 1.54) is 0 Å². The minimum absolute atomic E-state index is 0.0964. The van der Waals surface area contributed by atoms with Gasteiger partial charge in [0.15, 0.2) is 5.65 Å². The Morgan fingerprint density at radius 1 is 1.03 bits per heavy atom. The van der Waals surface area contributed by atoms with Crippen LogP contribution in [0.15, 0.2) is 47.3 Å². The summed E-state index contributed by atoms with van der Waals surface area (Å²) < 4.78 is 12.4. The van der Waals surface area contributed by atoms with Crippen molar-refractivity contribution in [2.24, 2.45) is 0 Å². The third kappa shape index (κ3) is 5.80. The first-order chi connectivity index (χ1) is 17.9. The molecule has 2 N–H and O–H groups in total. The third-order valence-corrected chi connectivity index (χ3v) is 5.28. The second kappa shape index (κ2) is 10.3. The van der Waals surface area contributed by atoms with E-state index in [1.807, 2.05) is 56.3 Å². The maximum absolute atomic E-state index is 13.4. The number of nitrogens with one attached hydrogen (secondary N) is 1. The Bertz CT molecular complexity index is 1550. The maximum Gasteiger partial charge on any atom is 0.508 e. The fraction of sp³-hybridized carbons (Fsp3) is 0.308. The first-order valence-electron chi connectivity index (χ1n) is 11.8. The lowest BCUT2D eigenvalue weighted by Crippen LogP contribution is -2.28. The van der Waals surface area contributed by atoms with Crippen LogP contribution in [0.5, 0.6) is 0 Å². The summed E-state index contributed by atoms with van der Waals surface area (Å²) in [5.41, 5.74) is 2.62. The number of benzene rings is 1. The lowest BCUT2D eigenvalue weighted by atomic mass is 9.99. The fourth-order valence-corrected chi connectivity index (χ4v) is 3.95. The summed E-state index contributed by atoms with van der Waals surface area (Å²) in [5.74, 6) is -0.220. The summed E-state index contributed by atoms with van der Waals surface area (Å²) in [6.07, 6.45) is -2.27. The molecule has 1 aromatic carbocycles. The highest BCUT2D eigenvalue weighted by Crippen LogP contribution is 2.35. The molecule has 3 heterocycles. The minimum Gasteiger partial charge on any atom is -0.465 e. The van der Waals surface area contributed by atoms with E-state index < -0.39 is 23.5 Å². The van der Waals surface area contributed by atoms with Crippen molar-refractivity contribution in [3.8, 4) is 22.4 Å². The molecule has 0 saturated heterocycles. The first kappa shape index (κ1) is 26.3. The molecule has 4 rings (SSSR count). The van der Waals surface area contributed by atoms with Gasteiger partial charge in [-0.05, 0) is 52.3 Å². The number of carbonyl (C=O) groups excluding carboxylic acids is 1. The van der Waals surface area contributed by atoms with E-state index in [4.69, 9.17) is 9.47 Å². The molecule has 38 heavy (non-hydrogen) atoms. The van der Waals surface area contributed by atoms with Gasteiger partial charge >= 0.3 is 17.9 Å². The minimum atomic E-state index is -1.39. The molecule has 198 valence electrons. The third-order valence-electron chi connectivity index (χ3n) is 5.28. The van der Waals surface area contributed by atoms with Crippen molar-refractivity contribution in [1.29, 1.82) is 0 Å². The Balaban J connectivity index is 1.90. The smallest absolute Gasteiger partial charge is 0.465 e. The van der Waals surface area contributed by atoms with Crippen molar-refractivity contribution in [3.05, 3.63) is 64.3 Å². The summed E-state index contributed by atoms with van der Waals surface area (Å²) in [5, 5.41) is 16.2. The molecule has 0 atom stereocenters.